The maximum Gasteiger partial charge on any atom is 0.112 e. The molecule has 2 aliphatic rings. The Hall–Kier alpha value is -2.67. The quantitative estimate of drug-likeness (QED) is 0.565. The van der Waals surface area contributed by atoms with E-state index in [9.17, 15) is 4.39 Å². The largest absolute Gasteiger partial charge is 0.378 e. The van der Waals surface area contributed by atoms with Gasteiger partial charge in [-0.1, -0.05) is 6.58 Å². The summed E-state index contributed by atoms with van der Waals surface area (Å²) < 4.78 is 22.5. The third kappa shape index (κ3) is 3.86. The highest BCUT2D eigenvalue weighted by atomic mass is 19.1. The van der Waals surface area contributed by atoms with E-state index < -0.39 is 0 Å². The van der Waals surface area contributed by atoms with Gasteiger partial charge in [-0.3, -0.25) is 4.98 Å². The second kappa shape index (κ2) is 8.22. The number of halogens is 1. The summed E-state index contributed by atoms with van der Waals surface area (Å²) in [7, 11) is 0. The molecule has 0 N–H and O–H groups in total. The number of alkyl halides is 1. The molecule has 6 nitrogen and oxygen atoms in total. The van der Waals surface area contributed by atoms with Gasteiger partial charge in [0.05, 0.1) is 36.5 Å². The number of nitrogens with zero attached hydrogens (tertiary/aromatic N) is 5. The van der Waals surface area contributed by atoms with Crippen molar-refractivity contribution in [2.75, 3.05) is 33.0 Å². The van der Waals surface area contributed by atoms with Gasteiger partial charge in [0.2, 0.25) is 0 Å². The van der Waals surface area contributed by atoms with Gasteiger partial charge in [0.15, 0.2) is 0 Å². The summed E-state index contributed by atoms with van der Waals surface area (Å²) in [5.41, 5.74) is 4.93. The van der Waals surface area contributed by atoms with E-state index >= 15 is 0 Å². The maximum atomic E-state index is 12.9. The van der Waals surface area contributed by atoms with Crippen LogP contribution < -0.4 is 0 Å². The minimum absolute atomic E-state index is 0.347. The first-order chi connectivity index (χ1) is 14.7. The lowest BCUT2D eigenvalue weighted by atomic mass is 10.2. The van der Waals surface area contributed by atoms with Gasteiger partial charge >= 0.3 is 0 Å². The van der Waals surface area contributed by atoms with E-state index in [0.29, 0.717) is 12.5 Å². The van der Waals surface area contributed by atoms with Crippen molar-refractivity contribution < 1.29 is 9.13 Å². The Labute approximate surface area is 176 Å². The monoisotopic (exact) mass is 409 g/mol. The number of rotatable bonds is 8. The number of aryl methyl sites for hydroxylation is 2. The van der Waals surface area contributed by atoms with Gasteiger partial charge in [-0.15, -0.1) is 0 Å². The Morgan fingerprint density at radius 3 is 2.80 bits per heavy atom. The lowest BCUT2D eigenvalue weighted by Gasteiger charge is -2.30. The fraction of sp³-hybridized carbons (Fsp3) is 0.478. The molecule has 0 radical (unpaired) electrons. The molecule has 5 rings (SSSR count). The number of ether oxygens (including phenoxy) is 1. The second-order valence-electron chi connectivity index (χ2n) is 8.19. The van der Waals surface area contributed by atoms with Gasteiger partial charge < -0.3 is 18.8 Å². The first kappa shape index (κ1) is 19.3. The van der Waals surface area contributed by atoms with Gasteiger partial charge in [-0.25, -0.2) is 9.37 Å². The van der Waals surface area contributed by atoms with Gasteiger partial charge in [-0.2, -0.15) is 0 Å². The molecular weight excluding hydrogens is 381 g/mol. The Morgan fingerprint density at radius 1 is 1.20 bits per heavy atom. The van der Waals surface area contributed by atoms with Crippen molar-refractivity contribution in [1.29, 1.82) is 0 Å². The Bertz CT molecular complexity index is 1050. The van der Waals surface area contributed by atoms with Gasteiger partial charge in [0, 0.05) is 61.8 Å². The highest BCUT2D eigenvalue weighted by Crippen LogP contribution is 2.40. The topological polar surface area (TPSA) is 48.1 Å². The molecule has 2 fully saturated rings. The van der Waals surface area contributed by atoms with Crippen molar-refractivity contribution in [3.05, 3.63) is 48.8 Å². The summed E-state index contributed by atoms with van der Waals surface area (Å²) in [6, 6.07) is 4.01. The van der Waals surface area contributed by atoms with Crippen LogP contribution >= 0.6 is 0 Å². The predicted molar refractivity (Wildman–Crippen MR) is 115 cm³/mol. The molecule has 1 aliphatic heterocycles. The SMILES string of the molecule is C=C(CCn1cc(-c2cnc3ccn(CCF)c3c2)nc1C1CC1)N1CCOCC1. The molecule has 0 unspecified atom stereocenters. The summed E-state index contributed by atoms with van der Waals surface area (Å²) in [5, 5.41) is 0. The van der Waals surface area contributed by atoms with E-state index in [2.05, 4.69) is 33.3 Å². The molecule has 1 aliphatic carbocycles. The minimum Gasteiger partial charge on any atom is -0.378 e. The first-order valence-corrected chi connectivity index (χ1v) is 10.8. The summed E-state index contributed by atoms with van der Waals surface area (Å²) in [5.74, 6) is 1.72. The highest BCUT2D eigenvalue weighted by molar-refractivity contribution is 5.80. The molecule has 1 saturated carbocycles. The van der Waals surface area contributed by atoms with E-state index in [1.165, 1.54) is 24.4 Å². The molecular formula is C23H28FN5O. The zero-order valence-corrected chi connectivity index (χ0v) is 17.3. The molecule has 3 aromatic heterocycles. The van der Waals surface area contributed by atoms with E-state index in [0.717, 1.165) is 61.6 Å². The Morgan fingerprint density at radius 2 is 2.03 bits per heavy atom. The number of allylic oxidation sites excluding steroid dienone is 1. The van der Waals surface area contributed by atoms with Crippen LogP contribution in [-0.4, -0.2) is 57.0 Å². The smallest absolute Gasteiger partial charge is 0.112 e. The van der Waals surface area contributed by atoms with E-state index in [1.54, 1.807) is 0 Å². The number of hydrogen-bond acceptors (Lipinski definition) is 4. The normalized spacial score (nSPS) is 17.0. The summed E-state index contributed by atoms with van der Waals surface area (Å²) in [6.45, 7) is 8.54. The zero-order valence-electron chi connectivity index (χ0n) is 17.3. The van der Waals surface area contributed by atoms with Crippen molar-refractivity contribution in [2.24, 2.45) is 0 Å². The molecule has 1 saturated heterocycles. The van der Waals surface area contributed by atoms with Crippen molar-refractivity contribution in [3.8, 4) is 11.3 Å². The van der Waals surface area contributed by atoms with Crippen LogP contribution in [0.4, 0.5) is 4.39 Å². The van der Waals surface area contributed by atoms with Crippen LogP contribution in [0.3, 0.4) is 0 Å². The number of morpholine rings is 1. The highest BCUT2D eigenvalue weighted by Gasteiger charge is 2.29. The van der Waals surface area contributed by atoms with E-state index in [-0.39, 0.29) is 6.67 Å². The van der Waals surface area contributed by atoms with Gasteiger partial charge in [0.25, 0.3) is 0 Å². The Kier molecular flexibility index (Phi) is 5.29. The number of aromatic nitrogens is 4. The van der Waals surface area contributed by atoms with Crippen molar-refractivity contribution in [2.45, 2.75) is 38.3 Å². The average Bonchev–Trinajstić information content (AvgIpc) is 3.42. The molecule has 158 valence electrons. The van der Waals surface area contributed by atoms with Crippen LogP contribution in [0.2, 0.25) is 0 Å². The number of pyridine rings is 1. The standard InChI is InChI=1S/C23H28FN5O/c1-17(27-10-12-30-13-11-27)4-7-29-16-21(26-23(29)18-2-3-18)19-14-22-20(25-15-19)5-8-28(22)9-6-24/h5,8,14-16,18H,1-4,6-7,9-13H2. The van der Waals surface area contributed by atoms with Crippen molar-refractivity contribution >= 4 is 11.0 Å². The maximum absolute atomic E-state index is 12.9. The fourth-order valence-corrected chi connectivity index (χ4v) is 4.19. The summed E-state index contributed by atoms with van der Waals surface area (Å²) in [4.78, 5) is 11.9. The van der Waals surface area contributed by atoms with Crippen LogP contribution in [0, 0.1) is 0 Å². The molecule has 0 amide bonds. The molecule has 4 heterocycles. The van der Waals surface area contributed by atoms with Crippen LogP contribution in [0.5, 0.6) is 0 Å². The molecule has 0 aromatic carbocycles. The van der Waals surface area contributed by atoms with Gasteiger partial charge in [-0.05, 0) is 25.0 Å². The fourth-order valence-electron chi connectivity index (χ4n) is 4.19. The third-order valence-corrected chi connectivity index (χ3v) is 6.09. The molecule has 0 atom stereocenters. The van der Waals surface area contributed by atoms with Crippen molar-refractivity contribution in [3.63, 3.8) is 0 Å². The second-order valence-corrected chi connectivity index (χ2v) is 8.19. The number of hydrogen-bond donors (Lipinski definition) is 0. The van der Waals surface area contributed by atoms with Gasteiger partial charge in [0.1, 0.15) is 12.5 Å². The molecule has 0 bridgehead atoms. The minimum atomic E-state index is -0.387. The average molecular weight is 410 g/mol. The number of imidazole rings is 1. The van der Waals surface area contributed by atoms with Crippen molar-refractivity contribution in [1.82, 2.24) is 24.0 Å². The lowest BCUT2D eigenvalue weighted by molar-refractivity contribution is 0.0520. The number of fused-ring (bicyclic) bond motifs is 1. The molecule has 3 aromatic rings. The van der Waals surface area contributed by atoms with E-state index in [1.807, 2.05) is 23.0 Å². The lowest BCUT2D eigenvalue weighted by Crippen LogP contribution is -2.35. The summed E-state index contributed by atoms with van der Waals surface area (Å²) in [6.07, 6.45) is 9.23. The zero-order chi connectivity index (χ0) is 20.5. The van der Waals surface area contributed by atoms with Crippen LogP contribution in [0.15, 0.2) is 43.0 Å². The van der Waals surface area contributed by atoms with Crippen LogP contribution in [0.1, 0.15) is 31.0 Å². The molecule has 30 heavy (non-hydrogen) atoms. The molecule has 7 heteroatoms. The summed E-state index contributed by atoms with van der Waals surface area (Å²) >= 11 is 0. The van der Waals surface area contributed by atoms with Crippen LogP contribution in [-0.2, 0) is 17.8 Å². The van der Waals surface area contributed by atoms with Crippen LogP contribution in [0.25, 0.3) is 22.3 Å². The third-order valence-electron chi connectivity index (χ3n) is 6.09. The molecule has 0 spiro atoms. The Balaban J connectivity index is 1.38. The van der Waals surface area contributed by atoms with E-state index in [4.69, 9.17) is 9.72 Å². The first-order valence-electron chi connectivity index (χ1n) is 10.8. The predicted octanol–water partition coefficient (Wildman–Crippen LogP) is 3.98.